The van der Waals surface area contributed by atoms with E-state index in [2.05, 4.69) is 0 Å². The predicted octanol–water partition coefficient (Wildman–Crippen LogP) is 2.67. The van der Waals surface area contributed by atoms with Crippen molar-refractivity contribution in [3.8, 4) is 6.07 Å². The minimum Gasteiger partial charge on any atom is -0.223 e. The molecule has 2 aromatic carbocycles. The van der Waals surface area contributed by atoms with Crippen LogP contribution in [0.4, 0.5) is 4.39 Å². The van der Waals surface area contributed by atoms with Gasteiger partial charge in [0.15, 0.2) is 9.84 Å². The zero-order valence-electron chi connectivity index (χ0n) is 9.88. The maximum atomic E-state index is 13.2. The van der Waals surface area contributed by atoms with Gasteiger partial charge in [0.05, 0.1) is 22.3 Å². The largest absolute Gasteiger partial charge is 0.223 e. The highest BCUT2D eigenvalue weighted by atomic mass is 32.2. The van der Waals surface area contributed by atoms with Crippen LogP contribution < -0.4 is 0 Å². The van der Waals surface area contributed by atoms with Gasteiger partial charge in [-0.05, 0) is 35.9 Å². The molecule has 0 radical (unpaired) electrons. The molecule has 96 valence electrons. The highest BCUT2D eigenvalue weighted by Crippen LogP contribution is 2.17. The van der Waals surface area contributed by atoms with Gasteiger partial charge in [0.1, 0.15) is 5.82 Å². The molecule has 0 atom stereocenters. The molecule has 0 spiro atoms. The molecule has 2 aromatic rings. The topological polar surface area (TPSA) is 57.9 Å². The molecule has 0 heterocycles. The summed E-state index contributed by atoms with van der Waals surface area (Å²) < 4.78 is 37.5. The van der Waals surface area contributed by atoms with Crippen molar-refractivity contribution in [2.45, 2.75) is 10.6 Å². The van der Waals surface area contributed by atoms with Crippen molar-refractivity contribution in [2.75, 3.05) is 0 Å². The quantitative estimate of drug-likeness (QED) is 0.865. The highest BCUT2D eigenvalue weighted by molar-refractivity contribution is 7.90. The van der Waals surface area contributed by atoms with Crippen LogP contribution in [0.5, 0.6) is 0 Å². The molecule has 3 nitrogen and oxygen atoms in total. The highest BCUT2D eigenvalue weighted by Gasteiger charge is 2.15. The number of halogens is 1. The molecule has 0 bridgehead atoms. The first-order valence-corrected chi connectivity index (χ1v) is 7.14. The lowest BCUT2D eigenvalue weighted by atomic mass is 10.1. The van der Waals surface area contributed by atoms with Gasteiger partial charge in [-0.3, -0.25) is 0 Å². The van der Waals surface area contributed by atoms with E-state index >= 15 is 0 Å². The average molecular weight is 275 g/mol. The maximum absolute atomic E-state index is 13.2. The molecule has 0 unspecified atom stereocenters. The second-order valence-corrected chi connectivity index (χ2v) is 6.02. The maximum Gasteiger partial charge on any atom is 0.182 e. The van der Waals surface area contributed by atoms with Crippen LogP contribution in [0.25, 0.3) is 0 Å². The molecular weight excluding hydrogens is 265 g/mol. The third kappa shape index (κ3) is 3.18. The Kier molecular flexibility index (Phi) is 3.63. The summed E-state index contributed by atoms with van der Waals surface area (Å²) in [6, 6.07) is 13.3. The summed E-state index contributed by atoms with van der Waals surface area (Å²) >= 11 is 0. The molecule has 0 N–H and O–H groups in total. The molecule has 0 saturated heterocycles. The Morgan fingerprint density at radius 3 is 2.42 bits per heavy atom. The first-order valence-electron chi connectivity index (χ1n) is 5.49. The molecule has 0 saturated carbocycles. The van der Waals surface area contributed by atoms with Crippen LogP contribution in [0.1, 0.15) is 11.1 Å². The Hall–Kier alpha value is -2.19. The Morgan fingerprint density at radius 2 is 1.79 bits per heavy atom. The van der Waals surface area contributed by atoms with Gasteiger partial charge in [0.2, 0.25) is 0 Å². The molecule has 0 aliphatic heterocycles. The molecule has 19 heavy (non-hydrogen) atoms. The summed E-state index contributed by atoms with van der Waals surface area (Å²) in [6.07, 6.45) is 0. The van der Waals surface area contributed by atoms with Crippen molar-refractivity contribution in [2.24, 2.45) is 0 Å². The van der Waals surface area contributed by atoms with Crippen LogP contribution in [-0.2, 0) is 15.6 Å². The monoisotopic (exact) mass is 275 g/mol. The fourth-order valence-corrected chi connectivity index (χ4v) is 3.07. The average Bonchev–Trinajstić information content (AvgIpc) is 2.38. The van der Waals surface area contributed by atoms with Crippen LogP contribution in [0.2, 0.25) is 0 Å². The van der Waals surface area contributed by atoms with Crippen molar-refractivity contribution in [3.05, 3.63) is 65.5 Å². The summed E-state index contributed by atoms with van der Waals surface area (Å²) in [4.78, 5) is 0.178. The third-order valence-corrected chi connectivity index (χ3v) is 4.25. The summed E-state index contributed by atoms with van der Waals surface area (Å²) in [5, 5.41) is 8.74. The van der Waals surface area contributed by atoms with E-state index in [4.69, 9.17) is 5.26 Å². The number of nitrogens with zero attached hydrogens (tertiary/aromatic N) is 1. The smallest absolute Gasteiger partial charge is 0.182 e. The van der Waals surface area contributed by atoms with Crippen LogP contribution >= 0.6 is 0 Å². The lowest BCUT2D eigenvalue weighted by Crippen LogP contribution is -2.05. The van der Waals surface area contributed by atoms with E-state index in [-0.39, 0.29) is 21.8 Å². The molecule has 0 aliphatic rings. The Labute approximate surface area is 110 Å². The second kappa shape index (κ2) is 5.21. The van der Waals surface area contributed by atoms with Crippen LogP contribution in [0.15, 0.2) is 53.4 Å². The van der Waals surface area contributed by atoms with E-state index in [9.17, 15) is 12.8 Å². The van der Waals surface area contributed by atoms with Crippen molar-refractivity contribution >= 4 is 9.84 Å². The summed E-state index contributed by atoms with van der Waals surface area (Å²) in [6.45, 7) is 0. The summed E-state index contributed by atoms with van der Waals surface area (Å²) in [5.74, 6) is -0.944. The molecular formula is C14H10FNO2S. The van der Waals surface area contributed by atoms with E-state index in [1.54, 1.807) is 24.3 Å². The Bertz CT molecular complexity index is 734. The summed E-state index contributed by atoms with van der Waals surface area (Å²) in [5.41, 5.74) is 0.374. The normalized spacial score (nSPS) is 10.9. The Morgan fingerprint density at radius 1 is 1.11 bits per heavy atom. The lowest BCUT2D eigenvalue weighted by Gasteiger charge is -2.05. The number of hydrogen-bond donors (Lipinski definition) is 0. The molecule has 0 aromatic heterocycles. The van der Waals surface area contributed by atoms with E-state index < -0.39 is 15.7 Å². The van der Waals surface area contributed by atoms with Gasteiger partial charge in [-0.15, -0.1) is 0 Å². The molecule has 5 heteroatoms. The van der Waals surface area contributed by atoms with Gasteiger partial charge >= 0.3 is 0 Å². The van der Waals surface area contributed by atoms with Crippen molar-refractivity contribution in [1.29, 1.82) is 5.26 Å². The molecule has 0 amide bonds. The van der Waals surface area contributed by atoms with Crippen molar-refractivity contribution < 1.29 is 12.8 Å². The minimum absolute atomic E-state index is 0.110. The van der Waals surface area contributed by atoms with E-state index in [1.807, 2.05) is 0 Å². The van der Waals surface area contributed by atoms with Crippen molar-refractivity contribution in [3.63, 3.8) is 0 Å². The first-order chi connectivity index (χ1) is 9.01. The van der Waals surface area contributed by atoms with E-state index in [0.29, 0.717) is 0 Å². The first kappa shape index (κ1) is 13.2. The van der Waals surface area contributed by atoms with Gasteiger partial charge < -0.3 is 0 Å². The third-order valence-electron chi connectivity index (χ3n) is 2.55. The van der Waals surface area contributed by atoms with E-state index in [0.717, 1.165) is 12.1 Å². The standard InChI is InChI=1S/C14H10FNO2S/c15-13-7-11(9-16)6-12(8-13)10-19(17,18)14-4-2-1-3-5-14/h1-8H,10H2. The minimum atomic E-state index is -3.53. The fraction of sp³-hybridized carbons (Fsp3) is 0.0714. The number of sulfone groups is 1. The van der Waals surface area contributed by atoms with Gasteiger partial charge in [0.25, 0.3) is 0 Å². The zero-order chi connectivity index (χ0) is 13.9. The predicted molar refractivity (Wildman–Crippen MR) is 68.4 cm³/mol. The second-order valence-electron chi connectivity index (χ2n) is 4.03. The van der Waals surface area contributed by atoms with Crippen LogP contribution in [-0.4, -0.2) is 8.42 Å². The van der Waals surface area contributed by atoms with Crippen LogP contribution in [0, 0.1) is 17.1 Å². The zero-order valence-corrected chi connectivity index (χ0v) is 10.7. The molecule has 0 aliphatic carbocycles. The molecule has 2 rings (SSSR count). The summed E-state index contributed by atoms with van der Waals surface area (Å²) in [7, 11) is -3.53. The fourth-order valence-electron chi connectivity index (χ4n) is 1.73. The van der Waals surface area contributed by atoms with Gasteiger partial charge in [-0.2, -0.15) is 5.26 Å². The van der Waals surface area contributed by atoms with Crippen LogP contribution in [0.3, 0.4) is 0 Å². The molecule has 0 fully saturated rings. The number of nitriles is 1. The Balaban J connectivity index is 2.37. The SMILES string of the molecule is N#Cc1cc(F)cc(CS(=O)(=O)c2ccccc2)c1. The van der Waals surface area contributed by atoms with Gasteiger partial charge in [-0.25, -0.2) is 12.8 Å². The number of benzene rings is 2. The number of rotatable bonds is 3. The number of hydrogen-bond acceptors (Lipinski definition) is 3. The lowest BCUT2D eigenvalue weighted by molar-refractivity contribution is 0.594. The van der Waals surface area contributed by atoms with Crippen molar-refractivity contribution in [1.82, 2.24) is 0 Å². The van der Waals surface area contributed by atoms with Gasteiger partial charge in [-0.1, -0.05) is 18.2 Å². The van der Waals surface area contributed by atoms with Gasteiger partial charge in [0, 0.05) is 0 Å². The van der Waals surface area contributed by atoms with E-state index in [1.165, 1.54) is 18.2 Å².